The van der Waals surface area contributed by atoms with Gasteiger partial charge in [0.1, 0.15) is 0 Å². The van der Waals surface area contributed by atoms with Gasteiger partial charge in [0, 0.05) is 17.1 Å². The van der Waals surface area contributed by atoms with E-state index in [1.165, 1.54) is 11.8 Å². The molecular weight excluding hydrogens is 424 g/mol. The van der Waals surface area contributed by atoms with Crippen LogP contribution in [0.4, 0.5) is 0 Å². The van der Waals surface area contributed by atoms with Gasteiger partial charge >= 0.3 is 0 Å². The van der Waals surface area contributed by atoms with Crippen molar-refractivity contribution in [2.75, 3.05) is 5.75 Å². The van der Waals surface area contributed by atoms with Crippen molar-refractivity contribution in [2.24, 2.45) is 7.05 Å². The summed E-state index contributed by atoms with van der Waals surface area (Å²) in [5, 5.41) is 12.3. The number of aromatic nitrogens is 3. The molecule has 0 bridgehead atoms. The quantitative estimate of drug-likeness (QED) is 0.567. The van der Waals surface area contributed by atoms with Crippen molar-refractivity contribution >= 4 is 33.6 Å². The van der Waals surface area contributed by atoms with E-state index in [0.717, 1.165) is 32.1 Å². The third-order valence-electron chi connectivity index (χ3n) is 4.30. The summed E-state index contributed by atoms with van der Waals surface area (Å²) >= 11 is 4.91. The van der Waals surface area contributed by atoms with E-state index in [1.807, 2.05) is 74.0 Å². The van der Waals surface area contributed by atoms with Crippen LogP contribution in [0.3, 0.4) is 0 Å². The number of nitrogens with zero attached hydrogens (tertiary/aromatic N) is 3. The number of nitrogens with one attached hydrogen (secondary N) is 1. The maximum atomic E-state index is 12.3. The van der Waals surface area contributed by atoms with E-state index in [9.17, 15) is 4.79 Å². The predicted molar refractivity (Wildman–Crippen MR) is 113 cm³/mol. The lowest BCUT2D eigenvalue weighted by atomic mass is 10.1. The minimum absolute atomic E-state index is 0.0382. The number of hydrogen-bond acceptors (Lipinski definition) is 4. The molecule has 0 fully saturated rings. The Hall–Kier alpha value is -2.12. The van der Waals surface area contributed by atoms with Crippen molar-refractivity contribution in [3.05, 3.63) is 64.1 Å². The van der Waals surface area contributed by atoms with Gasteiger partial charge in [0.05, 0.1) is 11.8 Å². The molecule has 0 saturated carbocycles. The van der Waals surface area contributed by atoms with Gasteiger partial charge in [-0.15, -0.1) is 10.2 Å². The molecule has 1 heterocycles. The molecule has 0 saturated heterocycles. The maximum Gasteiger partial charge on any atom is 0.230 e. The highest BCUT2D eigenvalue weighted by molar-refractivity contribution is 9.10. The second kappa shape index (κ2) is 8.71. The molecular formula is C20H21BrN4OS. The number of rotatable bonds is 6. The van der Waals surface area contributed by atoms with E-state index in [2.05, 4.69) is 31.4 Å². The number of carbonyl (C=O) groups excluding carboxylic acids is 1. The number of carbonyl (C=O) groups is 1. The molecule has 2 aromatic carbocycles. The summed E-state index contributed by atoms with van der Waals surface area (Å²) in [5.41, 5.74) is 3.24. The van der Waals surface area contributed by atoms with E-state index in [-0.39, 0.29) is 17.7 Å². The molecule has 0 aliphatic heterocycles. The number of hydrogen-bond donors (Lipinski definition) is 1. The smallest absolute Gasteiger partial charge is 0.230 e. The van der Waals surface area contributed by atoms with E-state index >= 15 is 0 Å². The second-order valence-electron chi connectivity index (χ2n) is 6.28. The van der Waals surface area contributed by atoms with Crippen LogP contribution < -0.4 is 5.32 Å². The van der Waals surface area contributed by atoms with Crippen molar-refractivity contribution in [3.63, 3.8) is 0 Å². The van der Waals surface area contributed by atoms with Gasteiger partial charge in [0.2, 0.25) is 5.91 Å². The highest BCUT2D eigenvalue weighted by Crippen LogP contribution is 2.26. The summed E-state index contributed by atoms with van der Waals surface area (Å²) in [6.07, 6.45) is 0. The van der Waals surface area contributed by atoms with Gasteiger partial charge < -0.3 is 9.88 Å². The topological polar surface area (TPSA) is 59.8 Å². The Bertz CT molecular complexity index is 957. The number of thioether (sulfide) groups is 1. The lowest BCUT2D eigenvalue weighted by molar-refractivity contribution is -0.119. The van der Waals surface area contributed by atoms with Gasteiger partial charge in [-0.25, -0.2) is 0 Å². The minimum atomic E-state index is -0.0734. The normalized spacial score (nSPS) is 12.0. The number of aryl methyl sites for hydroxylation is 1. The first-order valence-corrected chi connectivity index (χ1v) is 10.4. The molecule has 5 nitrogen and oxygen atoms in total. The average Bonchev–Trinajstić information content (AvgIpc) is 3.01. The summed E-state index contributed by atoms with van der Waals surface area (Å²) in [6, 6.07) is 15.9. The summed E-state index contributed by atoms with van der Waals surface area (Å²) in [4.78, 5) is 12.3. The van der Waals surface area contributed by atoms with Gasteiger partial charge in [-0.1, -0.05) is 70.2 Å². The van der Waals surface area contributed by atoms with E-state index in [4.69, 9.17) is 0 Å². The fourth-order valence-corrected chi connectivity index (χ4v) is 4.17. The Kier molecular flexibility index (Phi) is 6.34. The SMILES string of the molecule is Cc1ccccc1-c1nnc(SCC(=O)N[C@@H](C)c2ccccc2Br)n1C. The van der Waals surface area contributed by atoms with Gasteiger partial charge in [-0.3, -0.25) is 4.79 Å². The Morgan fingerprint density at radius 2 is 1.89 bits per heavy atom. The van der Waals surface area contributed by atoms with Crippen LogP contribution in [-0.2, 0) is 11.8 Å². The monoisotopic (exact) mass is 444 g/mol. The Labute approximate surface area is 171 Å². The molecule has 1 N–H and O–H groups in total. The highest BCUT2D eigenvalue weighted by atomic mass is 79.9. The van der Waals surface area contributed by atoms with Crippen LogP contribution in [0, 0.1) is 6.92 Å². The number of halogens is 1. The first kappa shape index (κ1) is 19.6. The first-order chi connectivity index (χ1) is 13.0. The van der Waals surface area contributed by atoms with E-state index in [1.54, 1.807) is 0 Å². The molecule has 0 aliphatic carbocycles. The van der Waals surface area contributed by atoms with Crippen molar-refractivity contribution in [2.45, 2.75) is 25.0 Å². The Morgan fingerprint density at radius 1 is 1.19 bits per heavy atom. The lowest BCUT2D eigenvalue weighted by Gasteiger charge is -2.15. The van der Waals surface area contributed by atoms with E-state index < -0.39 is 0 Å². The molecule has 140 valence electrons. The maximum absolute atomic E-state index is 12.3. The van der Waals surface area contributed by atoms with Crippen LogP contribution in [0.15, 0.2) is 58.2 Å². The molecule has 3 aromatic rings. The van der Waals surface area contributed by atoms with Crippen LogP contribution in [-0.4, -0.2) is 26.4 Å². The highest BCUT2D eigenvalue weighted by Gasteiger charge is 2.16. The summed E-state index contributed by atoms with van der Waals surface area (Å²) in [7, 11) is 1.92. The summed E-state index contributed by atoms with van der Waals surface area (Å²) in [6.45, 7) is 4.02. The number of benzene rings is 2. The lowest BCUT2D eigenvalue weighted by Crippen LogP contribution is -2.28. The number of amides is 1. The molecule has 0 radical (unpaired) electrons. The molecule has 7 heteroatoms. The van der Waals surface area contributed by atoms with Gasteiger partial charge in [-0.05, 0) is 31.0 Å². The molecule has 0 spiro atoms. The molecule has 27 heavy (non-hydrogen) atoms. The molecule has 0 aliphatic rings. The van der Waals surface area contributed by atoms with Gasteiger partial charge in [0.15, 0.2) is 11.0 Å². The Morgan fingerprint density at radius 3 is 2.63 bits per heavy atom. The molecule has 1 amide bonds. The zero-order valence-corrected chi connectivity index (χ0v) is 17.8. The zero-order valence-electron chi connectivity index (χ0n) is 15.4. The van der Waals surface area contributed by atoms with Crippen LogP contribution >= 0.6 is 27.7 Å². The van der Waals surface area contributed by atoms with Gasteiger partial charge in [0.25, 0.3) is 0 Å². The standard InChI is InChI=1S/C20H21BrN4OS/c1-13-8-4-5-9-15(13)19-23-24-20(25(19)3)27-12-18(26)22-14(2)16-10-6-7-11-17(16)21/h4-11,14H,12H2,1-3H3,(H,22,26)/t14-/m0/s1. The second-order valence-corrected chi connectivity index (χ2v) is 8.08. The van der Waals surface area contributed by atoms with Crippen molar-refractivity contribution in [1.82, 2.24) is 20.1 Å². The third-order valence-corrected chi connectivity index (χ3v) is 6.04. The molecule has 1 aromatic heterocycles. The van der Waals surface area contributed by atoms with Crippen LogP contribution in [0.25, 0.3) is 11.4 Å². The first-order valence-electron chi connectivity index (χ1n) is 8.59. The molecule has 1 atom stereocenters. The Balaban J connectivity index is 1.63. The van der Waals surface area contributed by atoms with E-state index in [0.29, 0.717) is 0 Å². The zero-order chi connectivity index (χ0) is 19.4. The minimum Gasteiger partial charge on any atom is -0.349 e. The van der Waals surface area contributed by atoms with Crippen LogP contribution in [0.1, 0.15) is 24.1 Å². The van der Waals surface area contributed by atoms with Crippen molar-refractivity contribution in [1.29, 1.82) is 0 Å². The largest absolute Gasteiger partial charge is 0.349 e. The molecule has 0 unspecified atom stereocenters. The average molecular weight is 445 g/mol. The summed E-state index contributed by atoms with van der Waals surface area (Å²) in [5.74, 6) is 1.05. The summed E-state index contributed by atoms with van der Waals surface area (Å²) < 4.78 is 2.92. The fraction of sp³-hybridized carbons (Fsp3) is 0.250. The van der Waals surface area contributed by atoms with Crippen molar-refractivity contribution < 1.29 is 4.79 Å². The van der Waals surface area contributed by atoms with Crippen molar-refractivity contribution in [3.8, 4) is 11.4 Å². The van der Waals surface area contributed by atoms with Crippen LogP contribution in [0.5, 0.6) is 0 Å². The fourth-order valence-electron chi connectivity index (χ4n) is 2.82. The predicted octanol–water partition coefficient (Wildman–Crippen LogP) is 4.52. The third kappa shape index (κ3) is 4.59. The van der Waals surface area contributed by atoms with Gasteiger partial charge in [-0.2, -0.15) is 0 Å². The molecule has 3 rings (SSSR count). The van der Waals surface area contributed by atoms with Crippen LogP contribution in [0.2, 0.25) is 0 Å².